The van der Waals surface area contributed by atoms with E-state index in [9.17, 15) is 14.4 Å². The Morgan fingerprint density at radius 1 is 1.14 bits per heavy atom. The molecule has 0 radical (unpaired) electrons. The average molecular weight is 519 g/mol. The molecule has 1 amide bonds. The Balaban J connectivity index is 2.01. The summed E-state index contributed by atoms with van der Waals surface area (Å²) in [5.74, 6) is -1.24. The number of rotatable bonds is 7. The number of nitrogens with zero attached hydrogens (tertiary/aromatic N) is 4. The number of fused-ring (bicyclic) bond motifs is 2. The van der Waals surface area contributed by atoms with E-state index in [0.29, 0.717) is 22.9 Å². The largest absolute Gasteiger partial charge is 0.462 e. The van der Waals surface area contributed by atoms with Crippen LogP contribution in [0.1, 0.15) is 48.2 Å². The zero-order chi connectivity index (χ0) is 26.5. The molecule has 4 aromatic rings. The van der Waals surface area contributed by atoms with Crippen molar-refractivity contribution in [3.05, 3.63) is 92.3 Å². The lowest BCUT2D eigenvalue weighted by atomic mass is 10.2. The van der Waals surface area contributed by atoms with Crippen molar-refractivity contribution in [3.8, 4) is 0 Å². The molecular formula is C28H27ClN4O4. The van der Waals surface area contributed by atoms with Gasteiger partial charge < -0.3 is 9.30 Å². The molecule has 37 heavy (non-hydrogen) atoms. The third kappa shape index (κ3) is 5.54. The molecule has 0 N–H and O–H groups in total. The molecule has 3 aromatic heterocycles. The standard InChI is InChI=1S/C28H27ClN4O4/c1-4-6-15-32-25-21(27(35)33-16-7-8-18(3)24(33)31-25)17-22(28(36)37-5-2)26(32)30-23(34)14-11-19-9-12-20(29)13-10-19/h7-14,16-17H,4-6,15H2,1-3H3/b14-11+,30-26?. The monoisotopic (exact) mass is 518 g/mol. The number of aromatic nitrogens is 3. The Bertz CT molecular complexity index is 1650. The Labute approximate surface area is 218 Å². The summed E-state index contributed by atoms with van der Waals surface area (Å²) in [7, 11) is 0. The molecule has 9 heteroatoms. The van der Waals surface area contributed by atoms with Gasteiger partial charge in [0.05, 0.1) is 12.0 Å². The summed E-state index contributed by atoms with van der Waals surface area (Å²) in [6.07, 6.45) is 6.14. The topological polar surface area (TPSA) is 95.0 Å². The first kappa shape index (κ1) is 26.0. The van der Waals surface area contributed by atoms with Gasteiger partial charge in [-0.1, -0.05) is 43.1 Å². The number of carbonyl (C=O) groups is 2. The van der Waals surface area contributed by atoms with E-state index in [1.807, 2.05) is 19.9 Å². The Morgan fingerprint density at radius 3 is 2.59 bits per heavy atom. The number of hydrogen-bond donors (Lipinski definition) is 0. The van der Waals surface area contributed by atoms with E-state index in [-0.39, 0.29) is 28.6 Å². The number of unbranched alkanes of at least 4 members (excludes halogenated alkanes) is 1. The van der Waals surface area contributed by atoms with Crippen LogP contribution in [0.3, 0.4) is 0 Å². The van der Waals surface area contributed by atoms with Crippen molar-refractivity contribution in [2.45, 2.75) is 40.2 Å². The van der Waals surface area contributed by atoms with Crippen LogP contribution in [0.4, 0.5) is 0 Å². The molecule has 0 saturated heterocycles. The second-order valence-electron chi connectivity index (χ2n) is 8.48. The zero-order valence-corrected chi connectivity index (χ0v) is 21.7. The highest BCUT2D eigenvalue weighted by Crippen LogP contribution is 2.15. The molecule has 1 aromatic carbocycles. The van der Waals surface area contributed by atoms with Crippen LogP contribution in [0.25, 0.3) is 22.8 Å². The van der Waals surface area contributed by atoms with E-state index >= 15 is 0 Å². The molecular weight excluding hydrogens is 492 g/mol. The number of benzene rings is 1. The molecule has 0 saturated carbocycles. The van der Waals surface area contributed by atoms with Crippen molar-refractivity contribution < 1.29 is 14.3 Å². The van der Waals surface area contributed by atoms with E-state index in [4.69, 9.17) is 21.3 Å². The number of carbonyl (C=O) groups excluding carboxylic acids is 2. The van der Waals surface area contributed by atoms with Crippen LogP contribution in [-0.4, -0.2) is 32.4 Å². The van der Waals surface area contributed by atoms with E-state index in [0.717, 1.165) is 24.0 Å². The smallest absolute Gasteiger partial charge is 0.341 e. The van der Waals surface area contributed by atoms with E-state index in [1.165, 1.54) is 16.5 Å². The molecule has 8 nitrogen and oxygen atoms in total. The van der Waals surface area contributed by atoms with Crippen LogP contribution in [-0.2, 0) is 16.1 Å². The van der Waals surface area contributed by atoms with Gasteiger partial charge in [-0.2, -0.15) is 4.99 Å². The summed E-state index contributed by atoms with van der Waals surface area (Å²) in [5, 5.41) is 0.830. The van der Waals surface area contributed by atoms with Gasteiger partial charge in [-0.05, 0) is 61.7 Å². The Morgan fingerprint density at radius 2 is 1.89 bits per heavy atom. The number of aryl methyl sites for hydroxylation is 2. The van der Waals surface area contributed by atoms with Crippen molar-refractivity contribution in [2.24, 2.45) is 4.99 Å². The second kappa shape index (κ2) is 11.3. The van der Waals surface area contributed by atoms with Gasteiger partial charge >= 0.3 is 5.97 Å². The van der Waals surface area contributed by atoms with Crippen LogP contribution in [0, 0.1) is 6.92 Å². The highest BCUT2D eigenvalue weighted by atomic mass is 35.5. The van der Waals surface area contributed by atoms with Gasteiger partial charge in [0.25, 0.3) is 11.5 Å². The van der Waals surface area contributed by atoms with Gasteiger partial charge in [-0.25, -0.2) is 9.78 Å². The minimum atomic E-state index is -0.670. The van der Waals surface area contributed by atoms with Crippen molar-refractivity contribution in [3.63, 3.8) is 0 Å². The zero-order valence-electron chi connectivity index (χ0n) is 20.9. The van der Waals surface area contributed by atoms with Crippen LogP contribution < -0.4 is 11.0 Å². The van der Waals surface area contributed by atoms with E-state index < -0.39 is 11.9 Å². The second-order valence-corrected chi connectivity index (χ2v) is 8.92. The quantitative estimate of drug-likeness (QED) is 0.200. The van der Waals surface area contributed by atoms with Gasteiger partial charge in [0, 0.05) is 23.8 Å². The maximum Gasteiger partial charge on any atom is 0.341 e. The molecule has 0 aliphatic heterocycles. The van der Waals surface area contributed by atoms with Crippen LogP contribution >= 0.6 is 11.6 Å². The summed E-state index contributed by atoms with van der Waals surface area (Å²) in [6, 6.07) is 12.1. The first-order valence-electron chi connectivity index (χ1n) is 12.1. The molecule has 0 spiro atoms. The van der Waals surface area contributed by atoms with Gasteiger partial charge in [-0.3, -0.25) is 14.0 Å². The van der Waals surface area contributed by atoms with Gasteiger partial charge in [0.2, 0.25) is 0 Å². The fourth-order valence-corrected chi connectivity index (χ4v) is 4.10. The van der Waals surface area contributed by atoms with Gasteiger partial charge in [-0.15, -0.1) is 0 Å². The first-order valence-corrected chi connectivity index (χ1v) is 12.5. The predicted octanol–water partition coefficient (Wildman–Crippen LogP) is 4.73. The van der Waals surface area contributed by atoms with Crippen molar-refractivity contribution in [1.29, 1.82) is 0 Å². The number of hydrogen-bond acceptors (Lipinski definition) is 5. The molecule has 0 unspecified atom stereocenters. The lowest BCUT2D eigenvalue weighted by molar-refractivity contribution is -0.113. The van der Waals surface area contributed by atoms with Crippen molar-refractivity contribution >= 4 is 46.2 Å². The molecule has 0 fully saturated rings. The summed E-state index contributed by atoms with van der Waals surface area (Å²) < 4.78 is 8.39. The minimum absolute atomic E-state index is 0.0326. The summed E-state index contributed by atoms with van der Waals surface area (Å²) in [6.45, 7) is 6.11. The molecule has 0 bridgehead atoms. The van der Waals surface area contributed by atoms with Crippen LogP contribution in [0.15, 0.2) is 64.5 Å². The lowest BCUT2D eigenvalue weighted by Gasteiger charge is -2.15. The summed E-state index contributed by atoms with van der Waals surface area (Å²) in [4.78, 5) is 48.5. The van der Waals surface area contributed by atoms with Crippen LogP contribution in [0.5, 0.6) is 0 Å². The number of ether oxygens (including phenoxy) is 1. The lowest BCUT2D eigenvalue weighted by Crippen LogP contribution is -2.32. The maximum absolute atomic E-state index is 13.5. The SMILES string of the molecule is CCCCn1c(=NC(=O)/C=C/c2ccc(Cl)cc2)c(C(=O)OCC)cc2c(=O)n3cccc(C)c3nc21. The number of esters is 1. The van der Waals surface area contributed by atoms with Gasteiger partial charge in [0.1, 0.15) is 16.9 Å². The third-order valence-electron chi connectivity index (χ3n) is 5.84. The molecule has 0 atom stereocenters. The van der Waals surface area contributed by atoms with Crippen molar-refractivity contribution in [1.82, 2.24) is 14.0 Å². The normalized spacial score (nSPS) is 12.1. The fourth-order valence-electron chi connectivity index (χ4n) is 3.98. The fraction of sp³-hybridized carbons (Fsp3) is 0.250. The predicted molar refractivity (Wildman–Crippen MR) is 144 cm³/mol. The number of pyridine rings is 2. The Kier molecular flexibility index (Phi) is 7.98. The van der Waals surface area contributed by atoms with Crippen molar-refractivity contribution in [2.75, 3.05) is 6.61 Å². The van der Waals surface area contributed by atoms with Crippen LogP contribution in [0.2, 0.25) is 5.02 Å². The molecule has 0 aliphatic rings. The summed E-state index contributed by atoms with van der Waals surface area (Å²) >= 11 is 5.93. The van der Waals surface area contributed by atoms with E-state index in [2.05, 4.69) is 4.99 Å². The molecule has 4 rings (SSSR count). The highest BCUT2D eigenvalue weighted by Gasteiger charge is 2.20. The molecule has 3 heterocycles. The number of amides is 1. The minimum Gasteiger partial charge on any atom is -0.462 e. The van der Waals surface area contributed by atoms with E-state index in [1.54, 1.807) is 54.1 Å². The number of halogens is 1. The Hall–Kier alpha value is -4.04. The highest BCUT2D eigenvalue weighted by molar-refractivity contribution is 6.30. The molecule has 190 valence electrons. The third-order valence-corrected chi connectivity index (χ3v) is 6.09. The maximum atomic E-state index is 13.5. The first-order chi connectivity index (χ1) is 17.8. The van der Waals surface area contributed by atoms with Gasteiger partial charge in [0.15, 0.2) is 5.49 Å². The average Bonchev–Trinajstić information content (AvgIpc) is 2.88. The summed E-state index contributed by atoms with van der Waals surface area (Å²) in [5.41, 5.74) is 2.26. The molecule has 0 aliphatic carbocycles.